The van der Waals surface area contributed by atoms with E-state index in [0.717, 1.165) is 0 Å². The zero-order valence-corrected chi connectivity index (χ0v) is 8.49. The Morgan fingerprint density at radius 3 is 2.73 bits per heavy atom. The molecule has 0 aliphatic heterocycles. The fraction of sp³-hybridized carbons (Fsp3) is 0.125. The van der Waals surface area contributed by atoms with Crippen LogP contribution in [0.1, 0.15) is 5.89 Å². The van der Waals surface area contributed by atoms with Crippen LogP contribution in [0.25, 0.3) is 11.1 Å². The Morgan fingerprint density at radius 1 is 1.40 bits per heavy atom. The minimum Gasteiger partial charge on any atom is -0.438 e. The van der Waals surface area contributed by atoms with Crippen molar-refractivity contribution in [1.29, 1.82) is 0 Å². The van der Waals surface area contributed by atoms with Gasteiger partial charge < -0.3 is 10.2 Å². The molecule has 0 amide bonds. The van der Waals surface area contributed by atoms with Gasteiger partial charge >= 0.3 is 0 Å². The van der Waals surface area contributed by atoms with Crippen LogP contribution in [-0.4, -0.2) is 13.4 Å². The number of aromatic nitrogens is 1. The largest absolute Gasteiger partial charge is 0.438 e. The van der Waals surface area contributed by atoms with Gasteiger partial charge in [-0.05, 0) is 12.1 Å². The van der Waals surface area contributed by atoms with E-state index in [9.17, 15) is 8.42 Å². The first-order valence-electron chi connectivity index (χ1n) is 4.13. The molecule has 1 aromatic heterocycles. The molecule has 0 saturated carbocycles. The Kier molecular flexibility index (Phi) is 2.22. The third kappa shape index (κ3) is 1.72. The van der Waals surface area contributed by atoms with E-state index >= 15 is 0 Å². The van der Waals surface area contributed by atoms with Gasteiger partial charge in [0.15, 0.2) is 5.58 Å². The molecule has 2 rings (SSSR count). The van der Waals surface area contributed by atoms with Crippen molar-refractivity contribution in [2.24, 2.45) is 10.9 Å². The van der Waals surface area contributed by atoms with Crippen molar-refractivity contribution in [2.45, 2.75) is 11.4 Å². The van der Waals surface area contributed by atoms with E-state index in [0.29, 0.717) is 5.52 Å². The molecule has 0 aliphatic carbocycles. The highest BCUT2D eigenvalue weighted by Gasteiger charge is 2.16. The maximum Gasteiger partial charge on any atom is 0.241 e. The molecular weight excluding hydrogens is 218 g/mol. The lowest BCUT2D eigenvalue weighted by atomic mass is 10.3. The molecule has 0 aliphatic rings. The summed E-state index contributed by atoms with van der Waals surface area (Å²) in [7, 11) is -3.80. The van der Waals surface area contributed by atoms with E-state index in [1.807, 2.05) is 0 Å². The number of nitrogens with two attached hydrogens (primary N) is 2. The average molecular weight is 227 g/mol. The highest BCUT2D eigenvalue weighted by molar-refractivity contribution is 7.89. The van der Waals surface area contributed by atoms with E-state index in [-0.39, 0.29) is 22.9 Å². The van der Waals surface area contributed by atoms with Crippen molar-refractivity contribution < 1.29 is 12.8 Å². The molecule has 15 heavy (non-hydrogen) atoms. The van der Waals surface area contributed by atoms with Crippen molar-refractivity contribution in [3.05, 3.63) is 24.1 Å². The van der Waals surface area contributed by atoms with E-state index in [4.69, 9.17) is 15.3 Å². The molecule has 0 saturated heterocycles. The summed E-state index contributed by atoms with van der Waals surface area (Å²) in [6.45, 7) is 0.110. The van der Waals surface area contributed by atoms with Crippen molar-refractivity contribution in [1.82, 2.24) is 4.98 Å². The average Bonchev–Trinajstić information content (AvgIpc) is 2.57. The highest BCUT2D eigenvalue weighted by Crippen LogP contribution is 2.22. The van der Waals surface area contributed by atoms with Gasteiger partial charge in [-0.25, -0.2) is 18.5 Å². The maximum atomic E-state index is 11.2. The lowest BCUT2D eigenvalue weighted by Gasteiger charge is -1.96. The van der Waals surface area contributed by atoms with Gasteiger partial charge in [-0.3, -0.25) is 0 Å². The van der Waals surface area contributed by atoms with E-state index in [1.165, 1.54) is 6.07 Å². The number of hydrogen-bond donors (Lipinski definition) is 2. The number of fused-ring (bicyclic) bond motifs is 1. The summed E-state index contributed by atoms with van der Waals surface area (Å²) >= 11 is 0. The Bertz CT molecular complexity index is 603. The summed E-state index contributed by atoms with van der Waals surface area (Å²) in [5.41, 5.74) is 5.92. The van der Waals surface area contributed by atoms with Crippen LogP contribution in [0.4, 0.5) is 0 Å². The quantitative estimate of drug-likeness (QED) is 0.745. The van der Waals surface area contributed by atoms with Crippen LogP contribution < -0.4 is 10.9 Å². The number of benzene rings is 1. The van der Waals surface area contributed by atoms with Crippen LogP contribution in [-0.2, 0) is 16.6 Å². The van der Waals surface area contributed by atoms with Crippen LogP contribution in [0.3, 0.4) is 0 Å². The predicted molar refractivity (Wildman–Crippen MR) is 53.3 cm³/mol. The molecular formula is C8H9N3O3S. The number of nitrogens with zero attached hydrogens (tertiary/aromatic N) is 1. The zero-order chi connectivity index (χ0) is 11.1. The van der Waals surface area contributed by atoms with Gasteiger partial charge in [0.05, 0.1) is 6.54 Å². The lowest BCUT2D eigenvalue weighted by molar-refractivity contribution is 0.526. The third-order valence-electron chi connectivity index (χ3n) is 1.90. The number of rotatable bonds is 2. The molecule has 7 heteroatoms. The molecule has 2 aromatic rings. The SMILES string of the molecule is NCc1nc2cccc(S(N)(=O)=O)c2o1. The van der Waals surface area contributed by atoms with E-state index < -0.39 is 10.0 Å². The number of oxazole rings is 1. The molecule has 0 spiro atoms. The summed E-state index contributed by atoms with van der Waals surface area (Å²) < 4.78 is 27.6. The maximum absolute atomic E-state index is 11.2. The number of primary sulfonamides is 1. The van der Waals surface area contributed by atoms with Gasteiger partial charge in [-0.2, -0.15) is 0 Å². The van der Waals surface area contributed by atoms with Crippen molar-refractivity contribution in [3.63, 3.8) is 0 Å². The van der Waals surface area contributed by atoms with Crippen molar-refractivity contribution in [3.8, 4) is 0 Å². The lowest BCUT2D eigenvalue weighted by Crippen LogP contribution is -2.12. The first-order chi connectivity index (χ1) is 7.02. The number of sulfonamides is 1. The topological polar surface area (TPSA) is 112 Å². The van der Waals surface area contributed by atoms with Gasteiger partial charge in [0.1, 0.15) is 10.4 Å². The minimum absolute atomic E-state index is 0.0767. The molecule has 6 nitrogen and oxygen atoms in total. The standard InChI is InChI=1S/C8H9N3O3S/c9-4-7-11-5-2-1-3-6(8(5)14-7)15(10,12)13/h1-3H,4,9H2,(H2,10,12,13). The van der Waals surface area contributed by atoms with Crippen LogP contribution in [0.15, 0.2) is 27.5 Å². The molecule has 0 unspecified atom stereocenters. The Labute approximate surface area is 85.9 Å². The summed E-state index contributed by atoms with van der Waals surface area (Å²) in [6, 6.07) is 4.54. The van der Waals surface area contributed by atoms with Crippen LogP contribution in [0.5, 0.6) is 0 Å². The molecule has 0 atom stereocenters. The molecule has 0 bridgehead atoms. The normalized spacial score (nSPS) is 12.1. The third-order valence-corrected chi connectivity index (χ3v) is 2.84. The zero-order valence-electron chi connectivity index (χ0n) is 7.67. The fourth-order valence-electron chi connectivity index (χ4n) is 1.28. The van der Waals surface area contributed by atoms with Crippen molar-refractivity contribution >= 4 is 21.1 Å². The summed E-state index contributed by atoms with van der Waals surface area (Å²) in [5.74, 6) is 0.279. The first kappa shape index (κ1) is 10.1. The number of para-hydroxylation sites is 1. The molecule has 0 fully saturated rings. The van der Waals surface area contributed by atoms with E-state index in [2.05, 4.69) is 4.98 Å². The summed E-state index contributed by atoms with van der Waals surface area (Å²) in [5, 5.41) is 5.03. The Balaban J connectivity index is 2.81. The first-order valence-corrected chi connectivity index (χ1v) is 5.68. The van der Waals surface area contributed by atoms with Crippen molar-refractivity contribution in [2.75, 3.05) is 0 Å². The number of hydrogen-bond acceptors (Lipinski definition) is 5. The van der Waals surface area contributed by atoms with E-state index in [1.54, 1.807) is 12.1 Å². The minimum atomic E-state index is -3.80. The smallest absolute Gasteiger partial charge is 0.241 e. The van der Waals surface area contributed by atoms with Gasteiger partial charge in [0, 0.05) is 0 Å². The fourth-order valence-corrected chi connectivity index (χ4v) is 1.95. The van der Waals surface area contributed by atoms with Gasteiger partial charge in [0.2, 0.25) is 15.9 Å². The van der Waals surface area contributed by atoms with Crippen LogP contribution >= 0.6 is 0 Å². The molecule has 4 N–H and O–H groups in total. The second-order valence-corrected chi connectivity index (χ2v) is 4.49. The Morgan fingerprint density at radius 2 is 2.13 bits per heavy atom. The molecule has 1 aromatic carbocycles. The summed E-state index contributed by atoms with van der Waals surface area (Å²) in [6.07, 6.45) is 0. The van der Waals surface area contributed by atoms with Gasteiger partial charge in [-0.1, -0.05) is 6.07 Å². The summed E-state index contributed by atoms with van der Waals surface area (Å²) in [4.78, 5) is 3.92. The monoisotopic (exact) mass is 227 g/mol. The highest BCUT2D eigenvalue weighted by atomic mass is 32.2. The molecule has 80 valence electrons. The van der Waals surface area contributed by atoms with Gasteiger partial charge in [0.25, 0.3) is 0 Å². The molecule has 0 radical (unpaired) electrons. The molecule has 1 heterocycles. The second kappa shape index (κ2) is 3.30. The van der Waals surface area contributed by atoms with Crippen LogP contribution in [0.2, 0.25) is 0 Å². The van der Waals surface area contributed by atoms with Gasteiger partial charge in [-0.15, -0.1) is 0 Å². The van der Waals surface area contributed by atoms with Crippen LogP contribution in [0, 0.1) is 0 Å². The predicted octanol–water partition coefficient (Wildman–Crippen LogP) is -0.0661. The second-order valence-electron chi connectivity index (χ2n) is 2.96. The Hall–Kier alpha value is -1.44.